The van der Waals surface area contributed by atoms with Gasteiger partial charge in [-0.25, -0.2) is 21.2 Å². The molecule has 6 nitrogen and oxygen atoms in total. The lowest BCUT2D eigenvalue weighted by Gasteiger charge is -2.21. The predicted molar refractivity (Wildman–Crippen MR) is 103 cm³/mol. The van der Waals surface area contributed by atoms with Gasteiger partial charge in [0.25, 0.3) is 5.91 Å². The second-order valence-electron chi connectivity index (χ2n) is 6.76. The number of rotatable bonds is 4. The molecule has 1 fully saturated rings. The maximum absolute atomic E-state index is 14.1. The first-order chi connectivity index (χ1) is 14.1. The molecule has 1 aliphatic heterocycles. The molecular weight excluding hydrogens is 443 g/mol. The van der Waals surface area contributed by atoms with Gasteiger partial charge in [0.1, 0.15) is 5.82 Å². The molecule has 1 amide bonds. The number of hydrogen-bond donors (Lipinski definition) is 0. The Balaban J connectivity index is 1.93. The van der Waals surface area contributed by atoms with Crippen molar-refractivity contribution in [1.29, 1.82) is 0 Å². The van der Waals surface area contributed by atoms with E-state index in [-0.39, 0.29) is 25.1 Å². The molecule has 3 rings (SSSR count). The first-order valence-corrected chi connectivity index (χ1v) is 12.2. The highest BCUT2D eigenvalue weighted by Gasteiger charge is 2.36. The predicted octanol–water partition coefficient (Wildman–Crippen LogP) is 2.82. The third-order valence-electron chi connectivity index (χ3n) is 4.94. The minimum absolute atomic E-state index is 0.00697. The van der Waals surface area contributed by atoms with Crippen molar-refractivity contribution in [3.05, 3.63) is 65.5 Å². The van der Waals surface area contributed by atoms with Crippen LogP contribution in [0, 0.1) is 5.82 Å². The molecule has 0 radical (unpaired) electrons. The van der Waals surface area contributed by atoms with Crippen LogP contribution in [0.15, 0.2) is 53.4 Å². The van der Waals surface area contributed by atoms with Crippen molar-refractivity contribution in [1.82, 2.24) is 4.90 Å². The summed E-state index contributed by atoms with van der Waals surface area (Å²) in [6.45, 7) is -0.380. The molecule has 30 heavy (non-hydrogen) atoms. The third kappa shape index (κ3) is 4.22. The molecule has 0 saturated carbocycles. The average molecular weight is 461 g/mol. The van der Waals surface area contributed by atoms with Crippen molar-refractivity contribution in [3.8, 4) is 0 Å². The number of benzene rings is 2. The van der Waals surface area contributed by atoms with Crippen molar-refractivity contribution in [2.75, 3.05) is 18.8 Å². The van der Waals surface area contributed by atoms with Gasteiger partial charge < -0.3 is 4.90 Å². The number of hydrogen-bond acceptors (Lipinski definition) is 5. The Morgan fingerprint density at radius 3 is 2.33 bits per heavy atom. The Hall–Kier alpha value is -2.40. The first-order valence-electron chi connectivity index (χ1n) is 8.92. The molecule has 11 heteroatoms. The van der Waals surface area contributed by atoms with Gasteiger partial charge in [0.15, 0.2) is 9.84 Å². The lowest BCUT2D eigenvalue weighted by atomic mass is 10.1. The van der Waals surface area contributed by atoms with Crippen molar-refractivity contribution in [2.45, 2.75) is 22.3 Å². The van der Waals surface area contributed by atoms with Gasteiger partial charge in [-0.2, -0.15) is 8.78 Å². The molecule has 2 aromatic rings. The smallest absolute Gasteiger partial charge is 0.338 e. The van der Waals surface area contributed by atoms with E-state index in [9.17, 15) is 34.8 Å². The van der Waals surface area contributed by atoms with Crippen molar-refractivity contribution < 1.29 is 34.8 Å². The molecule has 1 aliphatic rings. The first kappa shape index (κ1) is 22.3. The van der Waals surface area contributed by atoms with Crippen molar-refractivity contribution in [3.63, 3.8) is 0 Å². The van der Waals surface area contributed by atoms with Gasteiger partial charge in [-0.3, -0.25) is 4.79 Å². The summed E-state index contributed by atoms with van der Waals surface area (Å²) in [5, 5.41) is -1.17. The highest BCUT2D eigenvalue weighted by atomic mass is 32.2. The number of carbonyl (C=O) groups excluding carboxylic acids is 1. The lowest BCUT2D eigenvalue weighted by molar-refractivity contribution is 0.0762. The summed E-state index contributed by atoms with van der Waals surface area (Å²) in [4.78, 5) is 13.2. The quantitative estimate of drug-likeness (QED) is 0.699. The van der Waals surface area contributed by atoms with E-state index in [0.29, 0.717) is 0 Å². The summed E-state index contributed by atoms with van der Waals surface area (Å²) in [6, 6.07) is 9.99. The molecule has 0 aromatic heterocycles. The topological polar surface area (TPSA) is 88.6 Å². The van der Waals surface area contributed by atoms with Gasteiger partial charge in [0.05, 0.1) is 21.5 Å². The van der Waals surface area contributed by atoms with Gasteiger partial charge in [0, 0.05) is 18.7 Å². The van der Waals surface area contributed by atoms with Gasteiger partial charge in [-0.1, -0.05) is 30.3 Å². The number of amides is 1. The second-order valence-corrected chi connectivity index (χ2v) is 10.9. The molecular formula is C19H18F3NO5S2. The Morgan fingerprint density at radius 1 is 1.03 bits per heavy atom. The van der Waals surface area contributed by atoms with Crippen LogP contribution in [0.25, 0.3) is 0 Å². The largest absolute Gasteiger partial charge is 0.341 e. The van der Waals surface area contributed by atoms with Crippen LogP contribution in [-0.4, -0.2) is 52.2 Å². The van der Waals surface area contributed by atoms with Crippen molar-refractivity contribution in [2.24, 2.45) is 0 Å². The third-order valence-corrected chi connectivity index (χ3v) is 8.48. The standard InChI is InChI=1S/C19H18F3NO5S2/c20-15-7-3-1-5-13(15)16-9-10-23(11-12-29(16,25)26)18(24)14-6-2-4-8-17(14)30(27,28)19(21)22/h1-8,16,19H,9-12H2. The van der Waals surface area contributed by atoms with E-state index in [1.807, 2.05) is 0 Å². The molecule has 0 N–H and O–H groups in total. The fourth-order valence-electron chi connectivity index (χ4n) is 3.39. The Bertz CT molecular complexity index is 1170. The number of alkyl halides is 2. The molecule has 1 unspecified atom stereocenters. The SMILES string of the molecule is O=C(c1ccccc1S(=O)(=O)C(F)F)N1CCC(c2ccccc2F)S(=O)(=O)CC1. The normalized spacial score (nSPS) is 19.5. The maximum atomic E-state index is 14.1. The second kappa shape index (κ2) is 8.38. The van der Waals surface area contributed by atoms with E-state index in [4.69, 9.17) is 0 Å². The van der Waals surface area contributed by atoms with E-state index < -0.39 is 58.6 Å². The van der Waals surface area contributed by atoms with E-state index >= 15 is 0 Å². The molecule has 0 bridgehead atoms. The number of sulfone groups is 2. The zero-order chi connectivity index (χ0) is 22.1. The maximum Gasteiger partial charge on any atom is 0.341 e. The van der Waals surface area contributed by atoms with Gasteiger partial charge in [0.2, 0.25) is 9.84 Å². The minimum Gasteiger partial charge on any atom is -0.338 e. The van der Waals surface area contributed by atoms with E-state index in [0.717, 1.165) is 23.1 Å². The Kier molecular flexibility index (Phi) is 6.23. The molecule has 0 aliphatic carbocycles. The van der Waals surface area contributed by atoms with Crippen LogP contribution in [0.2, 0.25) is 0 Å². The Labute approximate surface area is 172 Å². The lowest BCUT2D eigenvalue weighted by Crippen LogP contribution is -2.34. The molecule has 2 aromatic carbocycles. The molecule has 162 valence electrons. The van der Waals surface area contributed by atoms with Crippen LogP contribution in [0.5, 0.6) is 0 Å². The fourth-order valence-corrected chi connectivity index (χ4v) is 6.11. The zero-order valence-corrected chi connectivity index (χ0v) is 17.2. The molecule has 1 heterocycles. The van der Waals surface area contributed by atoms with Crippen LogP contribution in [0.1, 0.15) is 27.6 Å². The molecule has 1 saturated heterocycles. The summed E-state index contributed by atoms with van der Waals surface area (Å²) >= 11 is 0. The number of halogens is 3. The zero-order valence-electron chi connectivity index (χ0n) is 15.5. The number of nitrogens with zero attached hydrogens (tertiary/aromatic N) is 1. The summed E-state index contributed by atoms with van der Waals surface area (Å²) in [5.41, 5.74) is -0.466. The van der Waals surface area contributed by atoms with E-state index in [1.54, 1.807) is 0 Å². The summed E-state index contributed by atoms with van der Waals surface area (Å²) in [5.74, 6) is -5.73. The number of carbonyl (C=O) groups is 1. The van der Waals surface area contributed by atoms with Crippen LogP contribution < -0.4 is 0 Å². The van der Waals surface area contributed by atoms with E-state index in [2.05, 4.69) is 0 Å². The Morgan fingerprint density at radius 2 is 1.67 bits per heavy atom. The summed E-state index contributed by atoms with van der Waals surface area (Å²) in [7, 11) is -8.84. The monoisotopic (exact) mass is 461 g/mol. The minimum atomic E-state index is -5.03. The summed E-state index contributed by atoms with van der Waals surface area (Å²) < 4.78 is 89.4. The van der Waals surface area contributed by atoms with Crippen LogP contribution in [-0.2, 0) is 19.7 Å². The molecule has 1 atom stereocenters. The fraction of sp³-hybridized carbons (Fsp3) is 0.316. The van der Waals surface area contributed by atoms with Crippen molar-refractivity contribution >= 4 is 25.6 Å². The van der Waals surface area contributed by atoms with Crippen LogP contribution in [0.3, 0.4) is 0 Å². The van der Waals surface area contributed by atoms with Gasteiger partial charge in [-0.15, -0.1) is 0 Å². The van der Waals surface area contributed by atoms with Crippen LogP contribution >= 0.6 is 0 Å². The highest BCUT2D eigenvalue weighted by molar-refractivity contribution is 7.92. The van der Waals surface area contributed by atoms with Crippen LogP contribution in [0.4, 0.5) is 13.2 Å². The van der Waals surface area contributed by atoms with Gasteiger partial charge in [-0.05, 0) is 24.6 Å². The average Bonchev–Trinajstić information content (AvgIpc) is 2.86. The molecule has 0 spiro atoms. The summed E-state index contributed by atoms with van der Waals surface area (Å²) in [6.07, 6.45) is -0.112. The van der Waals surface area contributed by atoms with E-state index in [1.165, 1.54) is 30.3 Å². The van der Waals surface area contributed by atoms with Gasteiger partial charge >= 0.3 is 5.76 Å². The highest BCUT2D eigenvalue weighted by Crippen LogP contribution is 2.32.